The van der Waals surface area contributed by atoms with Crippen LogP contribution in [-0.2, 0) is 104 Å². The molecule has 2 aromatic carbocycles. The van der Waals surface area contributed by atoms with Gasteiger partial charge in [0, 0.05) is 121 Å². The van der Waals surface area contributed by atoms with E-state index in [4.69, 9.17) is 23.9 Å². The molecule has 0 bridgehead atoms. The van der Waals surface area contributed by atoms with E-state index >= 15 is 0 Å². The molecule has 15 nitrogen and oxygen atoms in total. The average molecular weight is 1480 g/mol. The second-order valence-electron chi connectivity index (χ2n) is 14.9. The molecule has 0 saturated carbocycles. The van der Waals surface area contributed by atoms with Crippen LogP contribution >= 0.6 is 70.5 Å². The molecule has 24 heteroatoms. The molecule has 0 fully saturated rings. The predicted octanol–water partition coefficient (Wildman–Crippen LogP) is 13.3. The molecule has 2 aliphatic heterocycles. The summed E-state index contributed by atoms with van der Waals surface area (Å²) < 4.78 is 49.2. The number of thiazole rings is 2. The molecule has 2 aliphatic rings. The first-order valence-corrected chi connectivity index (χ1v) is 28.6. The summed E-state index contributed by atoms with van der Waals surface area (Å²) in [4.78, 5) is 70.6. The maximum atomic E-state index is 13.9. The van der Waals surface area contributed by atoms with Gasteiger partial charge in [0.05, 0.1) is 24.4 Å². The van der Waals surface area contributed by atoms with E-state index in [0.717, 1.165) is 12.8 Å². The quantitative estimate of drug-likeness (QED) is 0.0392. The molecule has 0 unspecified atom stereocenters. The Bertz CT molecular complexity index is 2570. The maximum absolute atomic E-state index is 13.9. The standard InChI is InChI=1S/C24H26BrFN4O4S.C20H18Br2FN3O4S.C5H10.2C2H6.2CH4.2Y/c1-5-30(6-2)13-18-19(24(32)34-14(4)23(31)33-7-3)20(16-9-8-15(26)12-17(16)25)29-21(28-18)22-27-10-11-35-22;1-3-29-19(27)10(2)30-20(28)15-14(9-21)25-17(18-24-6-7-31-18)26-16(15)12-5-4-11(23)8-13(12)22;1-3-5-4-2;2*1-2;;;;/h8-12,14,20H,1-2,5-7,13H2,3-4H3,(H,28,29);4-8,10,16H,3,9H2,1-2H3,(H,25,26);1-5H2;2*1-2H3;2*1H4;;/q-2;;-2;;;;;;/t14-,20+;10-,16+;;;;;;;/m11......./s1. The monoisotopic (exact) mass is 1480 g/mol. The third kappa shape index (κ3) is 25.1. The van der Waals surface area contributed by atoms with E-state index in [1.54, 1.807) is 38.4 Å². The largest absolute Gasteiger partial charge is 0.463 e. The normalized spacial score (nSPS) is 14.7. The number of carbonyl (C=O) groups excluding carboxylic acids is 4. The molecule has 2 N–H and O–H groups in total. The average Bonchev–Trinajstić information content (AvgIpc) is 4.16. The molecule has 4 atom stereocenters. The molecule has 0 spiro atoms. The summed E-state index contributed by atoms with van der Waals surface area (Å²) in [5, 5.41) is 11.5. The number of ether oxygens (including phenoxy) is 4. The molecular formula is C55H74Br3F2N7O8S2Y2-4. The molecule has 79 heavy (non-hydrogen) atoms. The van der Waals surface area contributed by atoms with Gasteiger partial charge in [-0.25, -0.2) is 37.9 Å². The summed E-state index contributed by atoms with van der Waals surface area (Å²) in [5.74, 6) is -2.72. The van der Waals surface area contributed by atoms with Crippen molar-refractivity contribution in [3.05, 3.63) is 152 Å². The number of alkyl halides is 1. The number of allylic oxidation sites excluding steroid dienone is 1. The second kappa shape index (κ2) is 44.1. The number of aliphatic imine (C=N–C) groups is 2. The zero-order valence-electron chi connectivity index (χ0n) is 44.6. The number of rotatable bonds is 19. The molecule has 0 saturated heterocycles. The van der Waals surface area contributed by atoms with Crippen molar-refractivity contribution in [3.8, 4) is 0 Å². The van der Waals surface area contributed by atoms with E-state index in [2.05, 4.69) is 101 Å². The number of carbonyl (C=O) groups is 4. The number of nitrogens with zero attached hydrogens (tertiary/aromatic N) is 5. The molecule has 0 amide bonds. The number of hydrogen-bond donors (Lipinski definition) is 2. The summed E-state index contributed by atoms with van der Waals surface area (Å²) in [6.45, 7) is 30.8. The van der Waals surface area contributed by atoms with Crippen molar-refractivity contribution in [3.63, 3.8) is 0 Å². The molecule has 2 radical (unpaired) electrons. The van der Waals surface area contributed by atoms with Gasteiger partial charge in [0.2, 0.25) is 0 Å². The number of halogens is 5. The third-order valence-electron chi connectivity index (χ3n) is 9.93. The van der Waals surface area contributed by atoms with Crippen LogP contribution in [0.3, 0.4) is 0 Å². The van der Waals surface area contributed by atoms with Crippen molar-refractivity contribution in [2.24, 2.45) is 9.98 Å². The van der Waals surface area contributed by atoms with Gasteiger partial charge in [0.15, 0.2) is 33.9 Å². The summed E-state index contributed by atoms with van der Waals surface area (Å²) in [5.41, 5.74) is 2.49. The fourth-order valence-electron chi connectivity index (χ4n) is 6.43. The summed E-state index contributed by atoms with van der Waals surface area (Å²) in [6, 6.07) is 6.61. The molecule has 2 aromatic heterocycles. The molecule has 4 heterocycles. The smallest absolute Gasteiger partial charge is 0.347 e. The summed E-state index contributed by atoms with van der Waals surface area (Å²) >= 11 is 12.9. The van der Waals surface area contributed by atoms with Crippen molar-refractivity contribution in [1.82, 2.24) is 25.5 Å². The number of amidine groups is 2. The minimum absolute atomic E-state index is 0. The third-order valence-corrected chi connectivity index (χ3v) is 13.4. The van der Waals surface area contributed by atoms with Crippen molar-refractivity contribution in [2.45, 2.75) is 114 Å². The zero-order chi connectivity index (χ0) is 56.2. The molecule has 4 aromatic rings. The van der Waals surface area contributed by atoms with Crippen LogP contribution in [-0.4, -0.2) is 101 Å². The number of unbranched alkanes of at least 4 members (excludes halogenated alkanes) is 2. The minimum Gasteiger partial charge on any atom is -0.463 e. The van der Waals surface area contributed by atoms with E-state index in [0.29, 0.717) is 66.2 Å². The van der Waals surface area contributed by atoms with Gasteiger partial charge >= 0.3 is 23.9 Å². The Morgan fingerprint density at radius 2 is 1.06 bits per heavy atom. The van der Waals surface area contributed by atoms with E-state index in [1.165, 1.54) is 67.2 Å². The van der Waals surface area contributed by atoms with Gasteiger partial charge in [-0.2, -0.15) is 12.8 Å². The number of hydrogen-bond acceptors (Lipinski definition) is 17. The van der Waals surface area contributed by atoms with Crippen molar-refractivity contribution < 1.29 is 112 Å². The molecular weight excluding hydrogens is 1410 g/mol. The van der Waals surface area contributed by atoms with Gasteiger partial charge in [0.1, 0.15) is 23.7 Å². The van der Waals surface area contributed by atoms with Gasteiger partial charge < -0.3 is 62.2 Å². The zero-order valence-corrected chi connectivity index (χ0v) is 56.7. The van der Waals surface area contributed by atoms with Gasteiger partial charge in [-0.1, -0.05) is 102 Å². The first kappa shape index (κ1) is 80.7. The van der Waals surface area contributed by atoms with Gasteiger partial charge in [-0.05, 0) is 63.1 Å². The Labute approximate surface area is 551 Å². The van der Waals surface area contributed by atoms with Crippen LogP contribution in [0.2, 0.25) is 0 Å². The SMILES string of the molecule is C.C.CC.CC.CCOC(=O)[C@@H](C)OC(=O)C1=C(CBr)NC(c2nccs2)=N[C@H]1c1ccc(F)cc1Br.[CH2-]CCC[CH2-].[CH2-]CN(C[CH2-])CC1=C(C(=O)O[C@H](C)C(=O)OCC)[C@H](c2ccc(F)cc2Br)N=C(c2nccs2)N1.[Y].[Y]. The van der Waals surface area contributed by atoms with Gasteiger partial charge in [-0.15, -0.1) is 42.2 Å². The Kier molecular flexibility index (Phi) is 45.0. The van der Waals surface area contributed by atoms with Crippen LogP contribution in [0.25, 0.3) is 0 Å². The Morgan fingerprint density at radius 3 is 1.37 bits per heavy atom. The van der Waals surface area contributed by atoms with Gasteiger partial charge in [-0.3, -0.25) is 9.98 Å². The van der Waals surface area contributed by atoms with Crippen LogP contribution in [0.15, 0.2) is 101 Å². The van der Waals surface area contributed by atoms with Crippen molar-refractivity contribution >= 4 is 106 Å². The van der Waals surface area contributed by atoms with Crippen LogP contribution < -0.4 is 10.6 Å². The van der Waals surface area contributed by atoms with E-state index in [-0.39, 0.29) is 117 Å². The maximum Gasteiger partial charge on any atom is 0.347 e. The van der Waals surface area contributed by atoms with Crippen molar-refractivity contribution in [2.75, 3.05) is 38.2 Å². The van der Waals surface area contributed by atoms with Crippen molar-refractivity contribution in [1.29, 1.82) is 0 Å². The molecule has 6 rings (SSSR count). The fourth-order valence-corrected chi connectivity index (χ4v) is 9.18. The topological polar surface area (TPSA) is 183 Å². The number of nitrogens with one attached hydrogen (secondary N) is 2. The van der Waals surface area contributed by atoms with E-state index in [1.807, 2.05) is 43.4 Å². The fraction of sp³-hybridized carbons (Fsp3) is 0.418. The summed E-state index contributed by atoms with van der Waals surface area (Å²) in [7, 11) is 0. The molecule has 0 aliphatic carbocycles. The van der Waals surface area contributed by atoms with Crippen LogP contribution in [0, 0.1) is 39.3 Å². The predicted molar refractivity (Wildman–Crippen MR) is 317 cm³/mol. The first-order valence-electron chi connectivity index (χ1n) is 24.1. The van der Waals surface area contributed by atoms with E-state index in [9.17, 15) is 28.0 Å². The Balaban J connectivity index is -0.00000122. The number of esters is 4. The van der Waals surface area contributed by atoms with E-state index < -0.39 is 59.8 Å². The number of benzene rings is 2. The number of aromatic nitrogens is 2. The molecule has 434 valence electrons. The van der Waals surface area contributed by atoms with Crippen LogP contribution in [0.4, 0.5) is 8.78 Å². The van der Waals surface area contributed by atoms with Crippen LogP contribution in [0.1, 0.15) is 123 Å². The van der Waals surface area contributed by atoms with Gasteiger partial charge in [0.25, 0.3) is 0 Å². The van der Waals surface area contributed by atoms with Crippen LogP contribution in [0.5, 0.6) is 0 Å². The second-order valence-corrected chi connectivity index (χ2v) is 18.9. The summed E-state index contributed by atoms with van der Waals surface area (Å²) in [6.07, 6.45) is 4.30. The Morgan fingerprint density at radius 1 is 0.684 bits per heavy atom. The minimum atomic E-state index is -1.13. The Hall–Kier alpha value is -2.53. The first-order chi connectivity index (χ1) is 36.0.